The van der Waals surface area contributed by atoms with Crippen molar-refractivity contribution in [3.8, 4) is 0 Å². The Morgan fingerprint density at radius 1 is 1.17 bits per heavy atom. The van der Waals surface area contributed by atoms with Gasteiger partial charge in [0.1, 0.15) is 11.8 Å². The Kier molecular flexibility index (Phi) is 3.39. The van der Waals surface area contributed by atoms with Gasteiger partial charge < -0.3 is 15.3 Å². The van der Waals surface area contributed by atoms with Crippen molar-refractivity contribution in [1.82, 2.24) is 0 Å². The van der Waals surface area contributed by atoms with Crippen LogP contribution in [-0.2, 0) is 4.74 Å². The van der Waals surface area contributed by atoms with Crippen molar-refractivity contribution in [1.29, 1.82) is 0 Å². The van der Waals surface area contributed by atoms with E-state index in [4.69, 9.17) is 4.74 Å². The van der Waals surface area contributed by atoms with Gasteiger partial charge in [0.25, 0.3) is 0 Å². The highest BCUT2D eigenvalue weighted by Gasteiger charge is 2.52. The summed E-state index contributed by atoms with van der Waals surface area (Å²) < 4.78 is 6.17. The van der Waals surface area contributed by atoms with Crippen LogP contribution in [0.2, 0.25) is 0 Å². The molecule has 120 valence electrons. The first-order valence-corrected chi connectivity index (χ1v) is 7.90. The van der Waals surface area contributed by atoms with Gasteiger partial charge in [-0.15, -0.1) is 0 Å². The number of nitrogens with one attached hydrogen (secondary N) is 2. The van der Waals surface area contributed by atoms with E-state index in [-0.39, 0.29) is 5.92 Å². The first-order valence-electron chi connectivity index (χ1n) is 7.90. The molecule has 5 atom stereocenters. The molecular formula is C18H20N2O3. The molecule has 5 nitrogen and oxygen atoms in total. The van der Waals surface area contributed by atoms with Gasteiger partial charge in [-0.3, -0.25) is 0 Å². The van der Waals surface area contributed by atoms with Crippen molar-refractivity contribution in [3.05, 3.63) is 70.9 Å². The molecule has 0 aromatic heterocycles. The Balaban J connectivity index is 1.83. The number of hydrogen-bond donors (Lipinski definition) is 3. The third-order valence-electron chi connectivity index (χ3n) is 4.94. The Hall–Kier alpha value is -1.92. The first-order chi connectivity index (χ1) is 11.1. The predicted molar refractivity (Wildman–Crippen MR) is 86.0 cm³/mol. The summed E-state index contributed by atoms with van der Waals surface area (Å²) in [5, 5.41) is 24.6. The molecule has 23 heavy (non-hydrogen) atoms. The molecule has 0 radical (unpaired) electrons. The molecule has 3 N–H and O–H groups in total. The largest absolute Gasteiger partial charge is 0.600 e. The molecule has 2 aliphatic rings. The number of hydroxylamine groups is 2. The van der Waals surface area contributed by atoms with Crippen LogP contribution in [0.5, 0.6) is 0 Å². The number of para-hydroxylation sites is 1. The third kappa shape index (κ3) is 2.42. The summed E-state index contributed by atoms with van der Waals surface area (Å²) in [4.78, 5) is 0. The zero-order valence-corrected chi connectivity index (χ0v) is 12.9. The molecule has 1 fully saturated rings. The van der Waals surface area contributed by atoms with E-state index in [0.717, 1.165) is 16.8 Å². The van der Waals surface area contributed by atoms with Gasteiger partial charge in [0.15, 0.2) is 6.04 Å². The van der Waals surface area contributed by atoms with E-state index in [2.05, 4.69) is 5.32 Å². The van der Waals surface area contributed by atoms with Crippen LogP contribution in [0.1, 0.15) is 36.5 Å². The SMILES string of the molecule is CC12CC(c3ccccc3)C([NH+]([O-])O)C(O1)c1ccccc1N2. The van der Waals surface area contributed by atoms with Gasteiger partial charge >= 0.3 is 0 Å². The van der Waals surface area contributed by atoms with Gasteiger partial charge in [-0.1, -0.05) is 48.5 Å². The van der Waals surface area contributed by atoms with Crippen molar-refractivity contribution in [2.45, 2.75) is 37.1 Å². The first kappa shape index (κ1) is 14.7. The van der Waals surface area contributed by atoms with Crippen molar-refractivity contribution in [2.75, 3.05) is 5.32 Å². The minimum Gasteiger partial charge on any atom is -0.600 e. The maximum Gasteiger partial charge on any atom is 0.155 e. The molecule has 5 unspecified atom stereocenters. The lowest BCUT2D eigenvalue weighted by molar-refractivity contribution is -1.07. The summed E-state index contributed by atoms with van der Waals surface area (Å²) in [5.74, 6) is -0.0849. The quantitative estimate of drug-likeness (QED) is 0.744. The van der Waals surface area contributed by atoms with Crippen molar-refractivity contribution >= 4 is 5.69 Å². The summed E-state index contributed by atoms with van der Waals surface area (Å²) in [6, 6.07) is 17.1. The Bertz CT molecular complexity index is 706. The highest BCUT2D eigenvalue weighted by Crippen LogP contribution is 2.49. The number of benzene rings is 2. The molecule has 2 bridgehead atoms. The standard InChI is InChI=1S/C18H20N2O3/c1-18-11-14(12-7-3-2-4-8-12)16(20(21)22)17(23-18)13-9-5-6-10-15(13)19-18/h2-10,14,16-17,19-21H,11H2,1H3. The van der Waals surface area contributed by atoms with E-state index >= 15 is 0 Å². The Morgan fingerprint density at radius 3 is 2.61 bits per heavy atom. The molecule has 0 amide bonds. The van der Waals surface area contributed by atoms with Crippen LogP contribution >= 0.6 is 0 Å². The second-order valence-corrected chi connectivity index (χ2v) is 6.57. The smallest absolute Gasteiger partial charge is 0.155 e. The number of anilines is 1. The fourth-order valence-electron chi connectivity index (χ4n) is 3.97. The normalized spacial score (nSPS) is 33.4. The van der Waals surface area contributed by atoms with E-state index in [9.17, 15) is 10.4 Å². The lowest BCUT2D eigenvalue weighted by Crippen LogP contribution is -3.11. The molecule has 5 heteroatoms. The van der Waals surface area contributed by atoms with Gasteiger partial charge in [0.2, 0.25) is 0 Å². The fraction of sp³-hybridized carbons (Fsp3) is 0.333. The van der Waals surface area contributed by atoms with Crippen LogP contribution in [0.25, 0.3) is 0 Å². The number of rotatable bonds is 2. The van der Waals surface area contributed by atoms with Gasteiger partial charge in [-0.05, 0) is 18.6 Å². The molecule has 1 saturated heterocycles. The average molecular weight is 312 g/mol. The predicted octanol–water partition coefficient (Wildman–Crippen LogP) is 2.21. The zero-order valence-electron chi connectivity index (χ0n) is 12.9. The van der Waals surface area contributed by atoms with E-state index in [0.29, 0.717) is 6.42 Å². The van der Waals surface area contributed by atoms with Crippen molar-refractivity contribution in [2.24, 2.45) is 0 Å². The third-order valence-corrected chi connectivity index (χ3v) is 4.94. The van der Waals surface area contributed by atoms with E-state index in [1.54, 1.807) is 0 Å². The fourth-order valence-corrected chi connectivity index (χ4v) is 3.97. The maximum atomic E-state index is 12.1. The highest BCUT2D eigenvalue weighted by atomic mass is 16.8. The van der Waals surface area contributed by atoms with E-state index in [1.165, 1.54) is 0 Å². The summed E-state index contributed by atoms with van der Waals surface area (Å²) in [5.41, 5.74) is 2.41. The second-order valence-electron chi connectivity index (χ2n) is 6.57. The van der Waals surface area contributed by atoms with Crippen LogP contribution in [0.4, 0.5) is 5.69 Å². The molecule has 0 saturated carbocycles. The van der Waals surface area contributed by atoms with Crippen LogP contribution in [-0.4, -0.2) is 17.0 Å². The number of ether oxygens (including phenoxy) is 1. The molecule has 2 heterocycles. The summed E-state index contributed by atoms with van der Waals surface area (Å²) >= 11 is 0. The minimum atomic E-state index is -0.803. The van der Waals surface area contributed by atoms with Crippen LogP contribution in [0.3, 0.4) is 0 Å². The summed E-state index contributed by atoms with van der Waals surface area (Å²) in [6.45, 7) is 2.00. The topological polar surface area (TPSA) is 69.0 Å². The van der Waals surface area contributed by atoms with Gasteiger partial charge in [-0.25, -0.2) is 10.4 Å². The zero-order chi connectivity index (χ0) is 16.0. The Morgan fingerprint density at radius 2 is 1.87 bits per heavy atom. The van der Waals surface area contributed by atoms with Gasteiger partial charge in [0, 0.05) is 23.6 Å². The number of quaternary nitrogens is 1. The molecule has 4 rings (SSSR count). The lowest BCUT2D eigenvalue weighted by Gasteiger charge is -2.52. The molecule has 0 aliphatic carbocycles. The average Bonchev–Trinajstić information content (AvgIpc) is 2.54. The molecule has 2 aromatic rings. The summed E-state index contributed by atoms with van der Waals surface area (Å²) in [6.07, 6.45) is 0.188. The molecule has 2 aliphatic heterocycles. The minimum absolute atomic E-state index is 0.0849. The lowest BCUT2D eigenvalue weighted by atomic mass is 9.76. The maximum absolute atomic E-state index is 12.1. The molecular weight excluding hydrogens is 292 g/mol. The number of fused-ring (bicyclic) bond motifs is 4. The second kappa shape index (κ2) is 5.32. The van der Waals surface area contributed by atoms with Gasteiger partial charge in [-0.2, -0.15) is 0 Å². The van der Waals surface area contributed by atoms with Crippen molar-refractivity contribution in [3.63, 3.8) is 0 Å². The highest BCUT2D eigenvalue weighted by molar-refractivity contribution is 5.56. The van der Waals surface area contributed by atoms with E-state index in [1.807, 2.05) is 61.5 Å². The van der Waals surface area contributed by atoms with E-state index < -0.39 is 23.1 Å². The number of hydrogen-bond acceptors (Lipinski definition) is 4. The van der Waals surface area contributed by atoms with Crippen molar-refractivity contribution < 1.29 is 15.2 Å². The van der Waals surface area contributed by atoms with Crippen LogP contribution < -0.4 is 10.5 Å². The van der Waals surface area contributed by atoms with Gasteiger partial charge in [0.05, 0.1) is 0 Å². The monoisotopic (exact) mass is 312 g/mol. The Labute approximate surface area is 135 Å². The molecule has 2 aromatic carbocycles. The van der Waals surface area contributed by atoms with Crippen LogP contribution in [0.15, 0.2) is 54.6 Å². The van der Waals surface area contributed by atoms with Crippen LogP contribution in [0, 0.1) is 5.21 Å². The molecule has 0 spiro atoms. The summed E-state index contributed by atoms with van der Waals surface area (Å²) in [7, 11) is 0.